The van der Waals surface area contributed by atoms with Crippen molar-refractivity contribution in [1.29, 1.82) is 0 Å². The predicted molar refractivity (Wildman–Crippen MR) is 64.8 cm³/mol. The Morgan fingerprint density at radius 3 is 2.65 bits per heavy atom. The van der Waals surface area contributed by atoms with Crippen LogP contribution in [0.3, 0.4) is 0 Å². The first-order valence-electron chi connectivity index (χ1n) is 6.18. The van der Waals surface area contributed by atoms with Gasteiger partial charge in [-0.1, -0.05) is 13.3 Å². The minimum absolute atomic E-state index is 0.143. The summed E-state index contributed by atoms with van der Waals surface area (Å²) in [4.78, 5) is 24.5. The monoisotopic (exact) mass is 242 g/mol. The third kappa shape index (κ3) is 3.35. The fourth-order valence-electron chi connectivity index (χ4n) is 2.12. The van der Waals surface area contributed by atoms with Crippen LogP contribution < -0.4 is 5.32 Å². The topological polar surface area (TPSA) is 69.6 Å². The van der Waals surface area contributed by atoms with Gasteiger partial charge in [-0.3, -0.25) is 4.79 Å². The zero-order chi connectivity index (χ0) is 13.1. The van der Waals surface area contributed by atoms with Crippen LogP contribution in [0.4, 0.5) is 4.79 Å². The van der Waals surface area contributed by atoms with Crippen molar-refractivity contribution in [3.05, 3.63) is 0 Å². The zero-order valence-corrected chi connectivity index (χ0v) is 10.8. The number of carbonyl (C=O) groups excluding carboxylic acids is 1. The molecule has 1 aliphatic heterocycles. The van der Waals surface area contributed by atoms with E-state index in [2.05, 4.69) is 12.2 Å². The van der Waals surface area contributed by atoms with Crippen molar-refractivity contribution in [2.24, 2.45) is 5.41 Å². The van der Waals surface area contributed by atoms with Crippen molar-refractivity contribution in [1.82, 2.24) is 10.2 Å². The average molecular weight is 242 g/mol. The summed E-state index contributed by atoms with van der Waals surface area (Å²) >= 11 is 0. The van der Waals surface area contributed by atoms with E-state index in [4.69, 9.17) is 5.11 Å². The van der Waals surface area contributed by atoms with Gasteiger partial charge >= 0.3 is 12.0 Å². The van der Waals surface area contributed by atoms with E-state index >= 15 is 0 Å². The highest BCUT2D eigenvalue weighted by atomic mass is 16.4. The van der Waals surface area contributed by atoms with Crippen molar-refractivity contribution < 1.29 is 14.7 Å². The van der Waals surface area contributed by atoms with Gasteiger partial charge in [0.15, 0.2) is 0 Å². The van der Waals surface area contributed by atoms with Gasteiger partial charge in [0.2, 0.25) is 0 Å². The number of aliphatic carboxylic acids is 1. The predicted octanol–water partition coefficient (Wildman–Crippen LogP) is 1.68. The number of urea groups is 1. The van der Waals surface area contributed by atoms with Crippen LogP contribution in [0.5, 0.6) is 0 Å². The van der Waals surface area contributed by atoms with E-state index < -0.39 is 11.4 Å². The van der Waals surface area contributed by atoms with Crippen LogP contribution in [0, 0.1) is 5.41 Å². The Labute approximate surface area is 102 Å². The highest BCUT2D eigenvalue weighted by Crippen LogP contribution is 2.29. The number of rotatable bonds is 4. The molecule has 0 spiro atoms. The zero-order valence-electron chi connectivity index (χ0n) is 10.8. The van der Waals surface area contributed by atoms with Crippen LogP contribution in [-0.4, -0.2) is 41.1 Å². The molecule has 0 aromatic rings. The molecule has 0 saturated carbocycles. The first-order chi connectivity index (χ1) is 7.89. The lowest BCUT2D eigenvalue weighted by molar-refractivity contribution is -0.146. The maximum Gasteiger partial charge on any atom is 0.317 e. The second kappa shape index (κ2) is 5.38. The van der Waals surface area contributed by atoms with E-state index in [-0.39, 0.29) is 12.1 Å². The van der Waals surface area contributed by atoms with E-state index in [0.717, 1.165) is 12.8 Å². The molecule has 0 aliphatic carbocycles. The lowest BCUT2D eigenvalue weighted by Crippen LogP contribution is -2.44. The van der Waals surface area contributed by atoms with Gasteiger partial charge in [-0.2, -0.15) is 0 Å². The number of amides is 2. The van der Waals surface area contributed by atoms with Crippen molar-refractivity contribution in [2.45, 2.75) is 46.1 Å². The SMILES string of the molecule is CCCC(C)NC(=O)N1CCC(C)(C(=O)O)C1. The molecule has 0 aromatic heterocycles. The van der Waals surface area contributed by atoms with Crippen molar-refractivity contribution in [2.75, 3.05) is 13.1 Å². The number of likely N-dealkylation sites (tertiary alicyclic amines) is 1. The second-order valence-electron chi connectivity index (χ2n) is 5.18. The smallest absolute Gasteiger partial charge is 0.317 e. The highest BCUT2D eigenvalue weighted by molar-refractivity contribution is 5.79. The molecule has 0 bridgehead atoms. The fourth-order valence-corrected chi connectivity index (χ4v) is 2.12. The summed E-state index contributed by atoms with van der Waals surface area (Å²) in [5, 5.41) is 12.0. The summed E-state index contributed by atoms with van der Waals surface area (Å²) in [6, 6.07) is 0.000101. The first-order valence-corrected chi connectivity index (χ1v) is 6.18. The van der Waals surface area contributed by atoms with Crippen LogP contribution in [0.25, 0.3) is 0 Å². The Morgan fingerprint density at radius 2 is 2.18 bits per heavy atom. The van der Waals surface area contributed by atoms with Crippen LogP contribution in [0.1, 0.15) is 40.0 Å². The van der Waals surface area contributed by atoms with E-state index in [1.54, 1.807) is 11.8 Å². The van der Waals surface area contributed by atoms with Crippen LogP contribution in [0.2, 0.25) is 0 Å². The summed E-state index contributed by atoms with van der Waals surface area (Å²) in [7, 11) is 0. The van der Waals surface area contributed by atoms with Gasteiger partial charge in [0.05, 0.1) is 5.41 Å². The van der Waals surface area contributed by atoms with Gasteiger partial charge in [0.1, 0.15) is 0 Å². The number of carboxylic acid groups (broad SMARTS) is 1. The van der Waals surface area contributed by atoms with Crippen molar-refractivity contribution >= 4 is 12.0 Å². The molecule has 1 fully saturated rings. The standard InChI is InChI=1S/C12H22N2O3/c1-4-5-9(2)13-11(17)14-7-6-12(3,8-14)10(15)16/h9H,4-8H2,1-3H3,(H,13,17)(H,15,16). The molecule has 2 amide bonds. The summed E-state index contributed by atoms with van der Waals surface area (Å²) in [5.74, 6) is -0.825. The molecule has 5 heteroatoms. The first kappa shape index (κ1) is 13.8. The Kier molecular flexibility index (Phi) is 4.37. The summed E-state index contributed by atoms with van der Waals surface area (Å²) in [5.41, 5.74) is -0.786. The van der Waals surface area contributed by atoms with Crippen LogP contribution in [-0.2, 0) is 4.79 Å². The Hall–Kier alpha value is -1.26. The number of nitrogens with zero attached hydrogens (tertiary/aromatic N) is 1. The molecule has 1 saturated heterocycles. The van der Waals surface area contributed by atoms with Crippen LogP contribution in [0.15, 0.2) is 0 Å². The second-order valence-corrected chi connectivity index (χ2v) is 5.18. The van der Waals surface area contributed by atoms with E-state index in [9.17, 15) is 9.59 Å². The van der Waals surface area contributed by atoms with E-state index in [1.807, 2.05) is 6.92 Å². The maximum atomic E-state index is 11.9. The van der Waals surface area contributed by atoms with Gasteiger partial charge in [0, 0.05) is 19.1 Å². The minimum Gasteiger partial charge on any atom is -0.481 e. The maximum absolute atomic E-state index is 11.9. The summed E-state index contributed by atoms with van der Waals surface area (Å²) < 4.78 is 0. The largest absolute Gasteiger partial charge is 0.481 e. The number of carbonyl (C=O) groups is 2. The van der Waals surface area contributed by atoms with Crippen LogP contribution >= 0.6 is 0 Å². The number of hydrogen-bond donors (Lipinski definition) is 2. The summed E-state index contributed by atoms with van der Waals surface area (Å²) in [6.07, 6.45) is 2.49. The van der Waals surface area contributed by atoms with E-state index in [1.165, 1.54) is 0 Å². The lowest BCUT2D eigenvalue weighted by atomic mass is 9.90. The third-order valence-corrected chi connectivity index (χ3v) is 3.37. The summed E-state index contributed by atoms with van der Waals surface area (Å²) in [6.45, 7) is 6.55. The molecule has 0 aromatic carbocycles. The molecule has 17 heavy (non-hydrogen) atoms. The molecular formula is C12H22N2O3. The van der Waals surface area contributed by atoms with Gasteiger partial charge in [-0.25, -0.2) is 4.79 Å². The Bertz CT molecular complexity index is 306. The Balaban J connectivity index is 2.48. The van der Waals surface area contributed by atoms with Gasteiger partial charge in [0.25, 0.3) is 0 Å². The van der Waals surface area contributed by atoms with Crippen molar-refractivity contribution in [3.8, 4) is 0 Å². The average Bonchev–Trinajstić information content (AvgIpc) is 2.62. The molecule has 5 nitrogen and oxygen atoms in total. The molecule has 1 rings (SSSR count). The third-order valence-electron chi connectivity index (χ3n) is 3.37. The lowest BCUT2D eigenvalue weighted by Gasteiger charge is -2.22. The number of hydrogen-bond acceptors (Lipinski definition) is 2. The van der Waals surface area contributed by atoms with Gasteiger partial charge in [-0.05, 0) is 26.7 Å². The van der Waals surface area contributed by atoms with E-state index in [0.29, 0.717) is 19.5 Å². The number of carboxylic acids is 1. The van der Waals surface area contributed by atoms with Gasteiger partial charge < -0.3 is 15.3 Å². The molecular weight excluding hydrogens is 220 g/mol. The Morgan fingerprint density at radius 1 is 1.53 bits per heavy atom. The minimum atomic E-state index is -0.825. The van der Waals surface area contributed by atoms with Gasteiger partial charge in [-0.15, -0.1) is 0 Å². The molecule has 0 radical (unpaired) electrons. The fraction of sp³-hybridized carbons (Fsp3) is 0.833. The molecule has 98 valence electrons. The quantitative estimate of drug-likeness (QED) is 0.788. The molecule has 2 N–H and O–H groups in total. The highest BCUT2D eigenvalue weighted by Gasteiger charge is 2.42. The molecule has 2 unspecified atom stereocenters. The molecule has 1 aliphatic rings. The molecule has 1 heterocycles. The normalized spacial score (nSPS) is 25.7. The molecule has 2 atom stereocenters. The number of nitrogens with one attached hydrogen (secondary N) is 1. The van der Waals surface area contributed by atoms with Crippen molar-refractivity contribution in [3.63, 3.8) is 0 Å².